The molecule has 0 unspecified atom stereocenters. The molecule has 2 aromatic carbocycles. The van der Waals surface area contributed by atoms with Crippen LogP contribution >= 0.6 is 15.9 Å². The lowest BCUT2D eigenvalue weighted by molar-refractivity contribution is -0.158. The zero-order valence-electron chi connectivity index (χ0n) is 20.5. The number of halogens is 1. The van der Waals surface area contributed by atoms with Crippen molar-refractivity contribution in [2.24, 2.45) is 5.92 Å². The predicted octanol–water partition coefficient (Wildman–Crippen LogP) is 3.58. The van der Waals surface area contributed by atoms with E-state index in [0.717, 1.165) is 22.0 Å². The van der Waals surface area contributed by atoms with Gasteiger partial charge in [-0.1, -0.05) is 58.4 Å². The Balaban J connectivity index is 1.47. The molecule has 37 heavy (non-hydrogen) atoms. The van der Waals surface area contributed by atoms with E-state index in [1.165, 1.54) is 0 Å². The highest BCUT2D eigenvalue weighted by Gasteiger charge is 2.77. The van der Waals surface area contributed by atoms with Crippen LogP contribution in [-0.2, 0) is 15.9 Å². The molecule has 2 saturated heterocycles. The number of morpholine rings is 1. The molecule has 2 N–H and O–H groups in total. The highest BCUT2D eigenvalue weighted by atomic mass is 79.9. The number of methoxy groups -OCH3 is 1. The third-order valence-electron chi connectivity index (χ3n) is 8.97. The van der Waals surface area contributed by atoms with Crippen LogP contribution in [0.25, 0.3) is 0 Å². The van der Waals surface area contributed by atoms with Crippen molar-refractivity contribution in [2.45, 2.75) is 41.7 Å². The molecule has 1 aliphatic carbocycles. The maximum atomic E-state index is 12.9. The first-order valence-electron chi connectivity index (χ1n) is 12.8. The number of hydrogen-bond acceptors (Lipinski definition) is 7. The van der Waals surface area contributed by atoms with Gasteiger partial charge in [0.1, 0.15) is 11.5 Å². The van der Waals surface area contributed by atoms with Gasteiger partial charge in [-0.3, -0.25) is 9.88 Å². The summed E-state index contributed by atoms with van der Waals surface area (Å²) in [5, 5.41) is 25.2. The zero-order valence-corrected chi connectivity index (χ0v) is 22.0. The molecule has 7 atom stereocenters. The fourth-order valence-corrected chi connectivity index (χ4v) is 7.65. The van der Waals surface area contributed by atoms with Gasteiger partial charge in [-0.05, 0) is 29.7 Å². The Hall–Kier alpha value is -2.49. The smallest absolute Gasteiger partial charge is 0.177 e. The lowest BCUT2D eigenvalue weighted by atomic mass is 9.70. The molecule has 4 heterocycles. The minimum absolute atomic E-state index is 0.314. The second-order valence-corrected chi connectivity index (χ2v) is 11.5. The Labute approximate surface area is 224 Å². The first-order valence-corrected chi connectivity index (χ1v) is 13.5. The summed E-state index contributed by atoms with van der Waals surface area (Å²) in [6.45, 7) is 2.04. The highest BCUT2D eigenvalue weighted by molar-refractivity contribution is 9.10. The topological polar surface area (TPSA) is 84.3 Å². The number of benzene rings is 2. The number of fused-ring (bicyclic) bond motifs is 5. The zero-order chi connectivity index (χ0) is 25.4. The first-order chi connectivity index (χ1) is 18.0. The van der Waals surface area contributed by atoms with Crippen LogP contribution in [-0.4, -0.2) is 65.2 Å². The van der Waals surface area contributed by atoms with Crippen LogP contribution in [0.1, 0.15) is 29.0 Å². The quantitative estimate of drug-likeness (QED) is 0.490. The van der Waals surface area contributed by atoms with Gasteiger partial charge in [0.05, 0.1) is 44.4 Å². The molecule has 0 spiro atoms. The van der Waals surface area contributed by atoms with E-state index in [0.29, 0.717) is 48.9 Å². The van der Waals surface area contributed by atoms with Crippen LogP contribution in [0.4, 0.5) is 0 Å². The highest BCUT2D eigenvalue weighted by Crippen LogP contribution is 2.69. The van der Waals surface area contributed by atoms with E-state index in [-0.39, 0.29) is 11.8 Å². The standard InChI is InChI=1S/C29H29BrN2O5/c1-35-23-12-31-13-24-26(23)28(34)27(33)22(14-32-20-11-21(32)16-36-15-20)25(17-5-3-2-4-6-17)29(28,37-24)18-7-9-19(30)10-8-18/h2-10,12-13,20-22,25,27,33-34H,11,14-16H2,1H3/t20-,21+,22-,25-,27-,28+,29+/m1/s1. The number of aromatic nitrogens is 1. The summed E-state index contributed by atoms with van der Waals surface area (Å²) < 4.78 is 19.2. The van der Waals surface area contributed by atoms with Crippen molar-refractivity contribution in [1.82, 2.24) is 9.88 Å². The van der Waals surface area contributed by atoms with Crippen LogP contribution in [0.15, 0.2) is 71.5 Å². The van der Waals surface area contributed by atoms with Crippen molar-refractivity contribution in [3.63, 3.8) is 0 Å². The molecule has 0 amide bonds. The molecule has 4 aliphatic rings. The molecule has 3 aliphatic heterocycles. The number of aliphatic hydroxyl groups excluding tert-OH is 1. The third kappa shape index (κ3) is 3.11. The Morgan fingerprint density at radius 1 is 1.08 bits per heavy atom. The molecule has 1 saturated carbocycles. The van der Waals surface area contributed by atoms with E-state index >= 15 is 0 Å². The Kier molecular flexibility index (Phi) is 5.43. The molecule has 7 rings (SSSR count). The van der Waals surface area contributed by atoms with E-state index in [1.807, 2.05) is 42.5 Å². The summed E-state index contributed by atoms with van der Waals surface area (Å²) in [7, 11) is 1.55. The van der Waals surface area contributed by atoms with Gasteiger partial charge in [-0.25, -0.2) is 0 Å². The van der Waals surface area contributed by atoms with Gasteiger partial charge < -0.3 is 24.4 Å². The fraction of sp³-hybridized carbons (Fsp3) is 0.414. The maximum absolute atomic E-state index is 12.9. The average Bonchev–Trinajstić information content (AvgIpc) is 3.31. The van der Waals surface area contributed by atoms with E-state index in [9.17, 15) is 10.2 Å². The van der Waals surface area contributed by atoms with Crippen LogP contribution in [0.2, 0.25) is 0 Å². The molecule has 192 valence electrons. The van der Waals surface area contributed by atoms with Gasteiger partial charge in [0.25, 0.3) is 0 Å². The maximum Gasteiger partial charge on any atom is 0.177 e. The van der Waals surface area contributed by atoms with E-state index in [4.69, 9.17) is 14.2 Å². The number of nitrogens with zero attached hydrogens (tertiary/aromatic N) is 2. The third-order valence-corrected chi connectivity index (χ3v) is 9.50. The largest absolute Gasteiger partial charge is 0.495 e. The average molecular weight is 565 g/mol. The number of pyridine rings is 1. The molecule has 0 radical (unpaired) electrons. The van der Waals surface area contributed by atoms with E-state index < -0.39 is 17.3 Å². The first kappa shape index (κ1) is 23.6. The van der Waals surface area contributed by atoms with Crippen molar-refractivity contribution in [1.29, 1.82) is 0 Å². The molecule has 1 aromatic heterocycles. The summed E-state index contributed by atoms with van der Waals surface area (Å²) in [4.78, 5) is 6.75. The molecule has 8 heteroatoms. The van der Waals surface area contributed by atoms with Crippen molar-refractivity contribution in [3.05, 3.63) is 88.2 Å². The summed E-state index contributed by atoms with van der Waals surface area (Å²) in [6, 6.07) is 18.6. The van der Waals surface area contributed by atoms with Crippen molar-refractivity contribution >= 4 is 15.9 Å². The fourth-order valence-electron chi connectivity index (χ4n) is 7.39. The number of rotatable bonds is 5. The number of aliphatic hydroxyl groups is 2. The Morgan fingerprint density at radius 3 is 2.49 bits per heavy atom. The summed E-state index contributed by atoms with van der Waals surface area (Å²) >= 11 is 3.55. The van der Waals surface area contributed by atoms with E-state index in [1.54, 1.807) is 19.5 Å². The van der Waals surface area contributed by atoms with E-state index in [2.05, 4.69) is 37.9 Å². The van der Waals surface area contributed by atoms with Crippen molar-refractivity contribution in [2.75, 3.05) is 26.9 Å². The molecule has 3 aromatic rings. The molecule has 2 bridgehead atoms. The summed E-state index contributed by atoms with van der Waals surface area (Å²) in [5.74, 6) is 0.164. The predicted molar refractivity (Wildman–Crippen MR) is 140 cm³/mol. The van der Waals surface area contributed by atoms with Gasteiger partial charge in [0.2, 0.25) is 0 Å². The van der Waals surface area contributed by atoms with Crippen LogP contribution in [0, 0.1) is 5.92 Å². The van der Waals surface area contributed by atoms with Crippen molar-refractivity contribution < 1.29 is 24.4 Å². The van der Waals surface area contributed by atoms with Gasteiger partial charge in [0.15, 0.2) is 11.2 Å². The Bertz CT molecular complexity index is 1310. The molecule has 7 nitrogen and oxygen atoms in total. The van der Waals surface area contributed by atoms with Crippen LogP contribution in [0.5, 0.6) is 11.5 Å². The molecular formula is C29H29BrN2O5. The van der Waals surface area contributed by atoms with Gasteiger partial charge in [-0.2, -0.15) is 0 Å². The summed E-state index contributed by atoms with van der Waals surface area (Å²) in [6.07, 6.45) is 3.17. The van der Waals surface area contributed by atoms with Crippen LogP contribution < -0.4 is 9.47 Å². The van der Waals surface area contributed by atoms with Gasteiger partial charge in [-0.15, -0.1) is 0 Å². The molecule has 3 fully saturated rings. The minimum atomic E-state index is -1.77. The Morgan fingerprint density at radius 2 is 1.81 bits per heavy atom. The van der Waals surface area contributed by atoms with Gasteiger partial charge in [0, 0.05) is 34.9 Å². The van der Waals surface area contributed by atoms with Crippen molar-refractivity contribution in [3.8, 4) is 11.5 Å². The minimum Gasteiger partial charge on any atom is -0.495 e. The number of ether oxygens (including phenoxy) is 3. The SMILES string of the molecule is COc1cncc2c1[C@]1(O)[C@H](O)[C@H](CN3[C@@H]4COC[C@H]3C4)[C@@H](c3ccccc3)[C@]1(c1ccc(Br)cc1)O2. The second kappa shape index (κ2) is 8.51. The molecular weight excluding hydrogens is 536 g/mol. The van der Waals surface area contributed by atoms with Gasteiger partial charge >= 0.3 is 0 Å². The lowest BCUT2D eigenvalue weighted by Gasteiger charge is -2.54. The normalized spacial score (nSPS) is 35.8. The van der Waals surface area contributed by atoms with Crippen LogP contribution in [0.3, 0.4) is 0 Å². The number of hydrogen-bond donors (Lipinski definition) is 2. The lowest BCUT2D eigenvalue weighted by Crippen LogP contribution is -2.65. The second-order valence-electron chi connectivity index (χ2n) is 10.6. The monoisotopic (exact) mass is 564 g/mol. The summed E-state index contributed by atoms with van der Waals surface area (Å²) in [5.41, 5.74) is -0.817.